The Morgan fingerprint density at radius 3 is 2.10 bits per heavy atom. The fourth-order valence-electron chi connectivity index (χ4n) is 5.58. The predicted octanol–water partition coefficient (Wildman–Crippen LogP) is 7.45. The highest BCUT2D eigenvalue weighted by Gasteiger charge is 2.44. The highest BCUT2D eigenvalue weighted by atomic mass is 31.2. The first-order chi connectivity index (χ1) is 19.1. The average Bonchev–Trinajstić information content (AvgIpc) is 3.00. The van der Waals surface area contributed by atoms with E-state index in [-0.39, 0.29) is 0 Å². The summed E-state index contributed by atoms with van der Waals surface area (Å²) in [4.78, 5) is 4.76. The van der Waals surface area contributed by atoms with Crippen LogP contribution < -0.4 is 24.8 Å². The molecular weight excluding hydrogens is 503 g/mol. The molecule has 1 atom stereocenters. The topological polar surface area (TPSA) is 51.7 Å². The van der Waals surface area contributed by atoms with E-state index >= 15 is 4.57 Å². The first kappa shape index (κ1) is 23.5. The van der Waals surface area contributed by atoms with Gasteiger partial charge in [-0.25, -0.2) is 0 Å². The second-order valence-corrected chi connectivity index (χ2v) is 12.1. The van der Waals surface area contributed by atoms with Crippen molar-refractivity contribution in [3.05, 3.63) is 115 Å². The van der Waals surface area contributed by atoms with Gasteiger partial charge in [0.05, 0.1) is 31.1 Å². The summed E-state index contributed by atoms with van der Waals surface area (Å²) >= 11 is 0. The number of hydrogen-bond donors (Lipinski definition) is 0. The lowest BCUT2D eigenvalue weighted by Gasteiger charge is -2.40. The number of rotatable bonds is 4. The Labute approximate surface area is 226 Å². The maximum absolute atomic E-state index is 15.9. The summed E-state index contributed by atoms with van der Waals surface area (Å²) in [5.41, 5.74) is 4.36. The monoisotopic (exact) mass is 528 g/mol. The minimum Gasteiger partial charge on any atom is -0.497 e. The van der Waals surface area contributed by atoms with Crippen LogP contribution in [0.4, 0.5) is 11.4 Å². The summed E-state index contributed by atoms with van der Waals surface area (Å²) in [5, 5.41) is 4.63. The van der Waals surface area contributed by atoms with Crippen LogP contribution in [-0.2, 0) is 4.57 Å². The van der Waals surface area contributed by atoms with E-state index in [1.54, 1.807) is 20.4 Å². The van der Waals surface area contributed by atoms with Crippen molar-refractivity contribution in [3.8, 4) is 22.6 Å². The number of aromatic nitrogens is 1. The molecule has 0 aliphatic carbocycles. The van der Waals surface area contributed by atoms with E-state index in [1.165, 1.54) is 0 Å². The maximum Gasteiger partial charge on any atom is 0.234 e. The summed E-state index contributed by atoms with van der Waals surface area (Å²) in [7, 11) is -0.192. The predicted molar refractivity (Wildman–Crippen MR) is 160 cm³/mol. The third-order valence-corrected chi connectivity index (χ3v) is 10.5. The van der Waals surface area contributed by atoms with E-state index in [0.717, 1.165) is 55.2 Å². The third-order valence-electron chi connectivity index (χ3n) is 7.46. The van der Waals surface area contributed by atoms with E-state index < -0.39 is 7.29 Å². The van der Waals surface area contributed by atoms with Crippen LogP contribution in [0.15, 0.2) is 115 Å². The number of hydrogen-bond acceptors (Lipinski definition) is 4. The summed E-state index contributed by atoms with van der Waals surface area (Å²) in [5.74, 6) is 1.43. The largest absolute Gasteiger partial charge is 0.497 e. The van der Waals surface area contributed by atoms with Gasteiger partial charge in [0.25, 0.3) is 0 Å². The zero-order valence-corrected chi connectivity index (χ0v) is 22.4. The lowest BCUT2D eigenvalue weighted by Crippen LogP contribution is -2.34. The van der Waals surface area contributed by atoms with Gasteiger partial charge in [-0.2, -0.15) is 0 Å². The lowest BCUT2D eigenvalue weighted by molar-refractivity contribution is 0.415. The number of benzene rings is 5. The van der Waals surface area contributed by atoms with E-state index in [4.69, 9.17) is 14.5 Å². The van der Waals surface area contributed by atoms with Gasteiger partial charge in [0.15, 0.2) is 0 Å². The normalized spacial score (nSPS) is 16.1. The van der Waals surface area contributed by atoms with Crippen LogP contribution in [0.5, 0.6) is 11.5 Å². The summed E-state index contributed by atoms with van der Waals surface area (Å²) in [6.07, 6.45) is 1.79. The molecule has 190 valence electrons. The van der Waals surface area contributed by atoms with Crippen molar-refractivity contribution in [1.82, 2.24) is 4.98 Å². The molecule has 7 rings (SSSR count). The van der Waals surface area contributed by atoms with Gasteiger partial charge in [-0.1, -0.05) is 42.5 Å². The second-order valence-electron chi connectivity index (χ2n) is 9.54. The quantitative estimate of drug-likeness (QED) is 0.223. The Kier molecular flexibility index (Phi) is 5.43. The number of ether oxygens (including phenoxy) is 2. The van der Waals surface area contributed by atoms with Crippen LogP contribution in [0.25, 0.3) is 32.8 Å². The molecule has 0 radical (unpaired) electrons. The summed E-state index contributed by atoms with van der Waals surface area (Å²) in [6.45, 7) is 0. The Bertz CT molecular complexity index is 1930. The first-order valence-corrected chi connectivity index (χ1v) is 14.4. The molecule has 0 amide bonds. The molecule has 2 heterocycles. The van der Waals surface area contributed by atoms with Crippen LogP contribution >= 0.6 is 7.29 Å². The van der Waals surface area contributed by atoms with Crippen LogP contribution in [0, 0.1) is 0 Å². The average molecular weight is 529 g/mol. The standard InChI is InChI=1S/C33H25N2O3P/c1-37-25-12-15-27(16-13-25)39(36)32-17-14-26(38-2)21-29(32)28-19-23-7-3-4-8-24(23)20-31(28)35(39)30-11-5-9-22-10-6-18-34-33(22)30/h3-21H,1-2H3. The Morgan fingerprint density at radius 1 is 0.641 bits per heavy atom. The van der Waals surface area contributed by atoms with Crippen molar-refractivity contribution in [2.75, 3.05) is 18.9 Å². The molecule has 5 nitrogen and oxygen atoms in total. The first-order valence-electron chi connectivity index (χ1n) is 12.7. The highest BCUT2D eigenvalue weighted by Crippen LogP contribution is 2.62. The van der Waals surface area contributed by atoms with Crippen molar-refractivity contribution in [2.45, 2.75) is 0 Å². The molecule has 0 fully saturated rings. The van der Waals surface area contributed by atoms with Gasteiger partial charge in [-0.05, 0) is 77.5 Å². The van der Waals surface area contributed by atoms with Crippen LogP contribution in [0.1, 0.15) is 0 Å². The van der Waals surface area contributed by atoms with Crippen LogP contribution in [0.2, 0.25) is 0 Å². The number of pyridine rings is 1. The van der Waals surface area contributed by atoms with Crippen LogP contribution in [0.3, 0.4) is 0 Å². The molecule has 1 unspecified atom stereocenters. The molecule has 1 aliphatic heterocycles. The smallest absolute Gasteiger partial charge is 0.234 e. The van der Waals surface area contributed by atoms with E-state index in [0.29, 0.717) is 11.1 Å². The molecule has 5 aromatic carbocycles. The van der Waals surface area contributed by atoms with E-state index in [9.17, 15) is 0 Å². The summed E-state index contributed by atoms with van der Waals surface area (Å²) < 4.78 is 29.0. The minimum atomic E-state index is -3.48. The van der Waals surface area contributed by atoms with Gasteiger partial charge in [-0.3, -0.25) is 14.2 Å². The molecule has 0 saturated heterocycles. The van der Waals surface area contributed by atoms with Gasteiger partial charge < -0.3 is 9.47 Å². The van der Waals surface area contributed by atoms with Gasteiger partial charge >= 0.3 is 0 Å². The number of fused-ring (bicyclic) bond motifs is 5. The van der Waals surface area contributed by atoms with Crippen molar-refractivity contribution in [2.24, 2.45) is 0 Å². The van der Waals surface area contributed by atoms with Crippen molar-refractivity contribution >= 4 is 51.0 Å². The van der Waals surface area contributed by atoms with Crippen LogP contribution in [-0.4, -0.2) is 19.2 Å². The number of methoxy groups -OCH3 is 2. The zero-order valence-electron chi connectivity index (χ0n) is 21.5. The second kappa shape index (κ2) is 9.00. The molecule has 6 heteroatoms. The lowest BCUT2D eigenvalue weighted by atomic mass is 9.98. The molecule has 1 aliphatic rings. The molecule has 1 aromatic heterocycles. The summed E-state index contributed by atoms with van der Waals surface area (Å²) in [6, 6.07) is 36.0. The van der Waals surface area contributed by atoms with Gasteiger partial charge in [0, 0.05) is 33.3 Å². The molecule has 0 spiro atoms. The molecule has 6 aromatic rings. The van der Waals surface area contributed by atoms with Gasteiger partial charge in [0.2, 0.25) is 7.29 Å². The minimum absolute atomic E-state index is 0.710. The molecule has 39 heavy (non-hydrogen) atoms. The number of para-hydroxylation sites is 1. The van der Waals surface area contributed by atoms with Crippen molar-refractivity contribution in [3.63, 3.8) is 0 Å². The van der Waals surface area contributed by atoms with Crippen molar-refractivity contribution in [1.29, 1.82) is 0 Å². The Hall–Kier alpha value is -4.60. The number of nitrogens with zero attached hydrogens (tertiary/aromatic N) is 2. The molecule has 0 saturated carbocycles. The van der Waals surface area contributed by atoms with E-state index in [1.807, 2.05) is 89.6 Å². The fourth-order valence-corrected chi connectivity index (χ4v) is 8.58. The maximum atomic E-state index is 15.9. The molecule has 0 bridgehead atoms. The third kappa shape index (κ3) is 3.54. The van der Waals surface area contributed by atoms with E-state index in [2.05, 4.69) is 24.3 Å². The Morgan fingerprint density at radius 2 is 1.33 bits per heavy atom. The molecule has 0 N–H and O–H groups in total. The highest BCUT2D eigenvalue weighted by molar-refractivity contribution is 7.80. The number of anilines is 2. The SMILES string of the molecule is COc1ccc(P2(=O)c3ccc(OC)cc3-c3cc4ccccc4cc3N2c2cccc3cccnc23)cc1. The van der Waals surface area contributed by atoms with Gasteiger partial charge in [-0.15, -0.1) is 0 Å². The van der Waals surface area contributed by atoms with Crippen molar-refractivity contribution < 1.29 is 14.0 Å². The van der Waals surface area contributed by atoms with Gasteiger partial charge in [0.1, 0.15) is 11.5 Å². The Balaban J connectivity index is 1.64. The molecular formula is C33H25N2O3P. The zero-order chi connectivity index (χ0) is 26.6. The fraction of sp³-hybridized carbons (Fsp3) is 0.0606.